The zero-order valence-electron chi connectivity index (χ0n) is 11.4. The lowest BCUT2D eigenvalue weighted by Crippen LogP contribution is -2.35. The molecule has 3 heteroatoms. The van der Waals surface area contributed by atoms with E-state index in [0.717, 1.165) is 39.0 Å². The smallest absolute Gasteiger partial charge is 0.0707 e. The Bertz CT molecular complexity index is 247. The average molecular weight is 238 g/mol. The van der Waals surface area contributed by atoms with Gasteiger partial charge in [-0.3, -0.25) is 4.90 Å². The van der Waals surface area contributed by atoms with Crippen LogP contribution in [-0.4, -0.2) is 49.3 Å². The van der Waals surface area contributed by atoms with Gasteiger partial charge in [0.1, 0.15) is 0 Å². The second-order valence-electron chi connectivity index (χ2n) is 5.05. The summed E-state index contributed by atoms with van der Waals surface area (Å²) in [5, 5.41) is 3.43. The molecule has 1 fully saturated rings. The van der Waals surface area contributed by atoms with Gasteiger partial charge in [0.15, 0.2) is 0 Å². The number of rotatable bonds is 7. The van der Waals surface area contributed by atoms with Crippen LogP contribution in [0.3, 0.4) is 0 Å². The summed E-state index contributed by atoms with van der Waals surface area (Å²) < 4.78 is 6.02. The summed E-state index contributed by atoms with van der Waals surface area (Å²) in [4.78, 5) is 2.27. The Balaban J connectivity index is 2.23. The SMILES string of the molecule is C#CCN(CC)CC1CCC(CNC(C)C)O1. The minimum atomic E-state index is 0.363. The first-order chi connectivity index (χ1) is 8.15. The van der Waals surface area contributed by atoms with Crippen molar-refractivity contribution in [1.82, 2.24) is 10.2 Å². The van der Waals surface area contributed by atoms with Gasteiger partial charge in [0.05, 0.1) is 18.8 Å². The molecule has 0 aliphatic carbocycles. The summed E-state index contributed by atoms with van der Waals surface area (Å²) in [5.41, 5.74) is 0. The van der Waals surface area contributed by atoms with E-state index >= 15 is 0 Å². The Morgan fingerprint density at radius 2 is 2.12 bits per heavy atom. The van der Waals surface area contributed by atoms with Gasteiger partial charge < -0.3 is 10.1 Å². The lowest BCUT2D eigenvalue weighted by Gasteiger charge is -2.22. The minimum absolute atomic E-state index is 0.363. The van der Waals surface area contributed by atoms with Gasteiger partial charge in [-0.15, -0.1) is 6.42 Å². The second kappa shape index (κ2) is 7.71. The first-order valence-corrected chi connectivity index (χ1v) is 6.70. The largest absolute Gasteiger partial charge is 0.372 e. The Kier molecular flexibility index (Phi) is 6.57. The Morgan fingerprint density at radius 1 is 1.41 bits per heavy atom. The third-order valence-corrected chi connectivity index (χ3v) is 3.17. The third-order valence-electron chi connectivity index (χ3n) is 3.17. The van der Waals surface area contributed by atoms with E-state index in [1.54, 1.807) is 0 Å². The standard InChI is InChI=1S/C14H26N2O/c1-5-9-16(6-2)11-14-8-7-13(17-14)10-15-12(3)4/h1,12-15H,6-11H2,2-4H3. The maximum atomic E-state index is 6.02. The van der Waals surface area contributed by atoms with Crippen LogP contribution in [0.2, 0.25) is 0 Å². The Labute approximate surface area is 106 Å². The van der Waals surface area contributed by atoms with Crippen molar-refractivity contribution in [3.05, 3.63) is 0 Å². The summed E-state index contributed by atoms with van der Waals surface area (Å²) in [5.74, 6) is 2.70. The number of terminal acetylenes is 1. The number of nitrogens with one attached hydrogen (secondary N) is 1. The summed E-state index contributed by atoms with van der Waals surface area (Å²) in [6, 6.07) is 0.534. The minimum Gasteiger partial charge on any atom is -0.372 e. The van der Waals surface area contributed by atoms with Crippen LogP contribution < -0.4 is 5.32 Å². The van der Waals surface area contributed by atoms with Crippen molar-refractivity contribution in [3.8, 4) is 12.3 Å². The number of nitrogens with zero attached hydrogens (tertiary/aromatic N) is 1. The van der Waals surface area contributed by atoms with Crippen molar-refractivity contribution in [2.75, 3.05) is 26.2 Å². The molecule has 1 saturated heterocycles. The van der Waals surface area contributed by atoms with Crippen molar-refractivity contribution in [3.63, 3.8) is 0 Å². The molecule has 1 aliphatic rings. The highest BCUT2D eigenvalue weighted by atomic mass is 16.5. The van der Waals surface area contributed by atoms with E-state index in [2.05, 4.69) is 36.9 Å². The highest BCUT2D eigenvalue weighted by Crippen LogP contribution is 2.20. The van der Waals surface area contributed by atoms with Crippen LogP contribution in [0.5, 0.6) is 0 Å². The lowest BCUT2D eigenvalue weighted by atomic mass is 10.2. The molecule has 2 atom stereocenters. The van der Waals surface area contributed by atoms with Crippen molar-refractivity contribution >= 4 is 0 Å². The van der Waals surface area contributed by atoms with Gasteiger partial charge in [-0.2, -0.15) is 0 Å². The molecule has 1 rings (SSSR count). The monoisotopic (exact) mass is 238 g/mol. The third kappa shape index (κ3) is 5.54. The Morgan fingerprint density at radius 3 is 2.71 bits per heavy atom. The average Bonchev–Trinajstić information content (AvgIpc) is 2.73. The molecule has 98 valence electrons. The zero-order chi connectivity index (χ0) is 12.7. The van der Waals surface area contributed by atoms with E-state index in [-0.39, 0.29) is 0 Å². The van der Waals surface area contributed by atoms with Gasteiger partial charge in [-0.25, -0.2) is 0 Å². The van der Waals surface area contributed by atoms with Crippen LogP contribution >= 0.6 is 0 Å². The van der Waals surface area contributed by atoms with Crippen LogP contribution in [0.25, 0.3) is 0 Å². The molecular weight excluding hydrogens is 212 g/mol. The van der Waals surface area contributed by atoms with Crippen LogP contribution in [0.1, 0.15) is 33.6 Å². The fraction of sp³-hybridized carbons (Fsp3) is 0.857. The van der Waals surface area contributed by atoms with Crippen LogP contribution in [0.15, 0.2) is 0 Å². The molecule has 0 radical (unpaired) electrons. The van der Waals surface area contributed by atoms with Gasteiger partial charge in [0.2, 0.25) is 0 Å². The van der Waals surface area contributed by atoms with E-state index in [0.29, 0.717) is 18.2 Å². The fourth-order valence-corrected chi connectivity index (χ4v) is 2.15. The van der Waals surface area contributed by atoms with Gasteiger partial charge in [0, 0.05) is 19.1 Å². The van der Waals surface area contributed by atoms with Gasteiger partial charge in [0.25, 0.3) is 0 Å². The number of likely N-dealkylation sites (N-methyl/N-ethyl adjacent to an activating group) is 1. The maximum absolute atomic E-state index is 6.02. The van der Waals surface area contributed by atoms with E-state index in [9.17, 15) is 0 Å². The highest BCUT2D eigenvalue weighted by molar-refractivity contribution is 4.89. The molecule has 1 aliphatic heterocycles. The molecule has 0 amide bonds. The van der Waals surface area contributed by atoms with E-state index in [4.69, 9.17) is 11.2 Å². The quantitative estimate of drug-likeness (QED) is 0.680. The molecule has 0 saturated carbocycles. The molecule has 0 spiro atoms. The van der Waals surface area contributed by atoms with Gasteiger partial charge in [-0.05, 0) is 19.4 Å². The van der Waals surface area contributed by atoms with Crippen molar-refractivity contribution in [2.24, 2.45) is 0 Å². The molecule has 2 unspecified atom stereocenters. The molecule has 0 aromatic rings. The molecule has 0 bridgehead atoms. The molecule has 1 N–H and O–H groups in total. The lowest BCUT2D eigenvalue weighted by molar-refractivity contribution is 0.0258. The van der Waals surface area contributed by atoms with E-state index in [1.807, 2.05) is 0 Å². The summed E-state index contributed by atoms with van der Waals surface area (Å²) in [6.07, 6.45) is 8.41. The van der Waals surface area contributed by atoms with Crippen LogP contribution in [0.4, 0.5) is 0 Å². The highest BCUT2D eigenvalue weighted by Gasteiger charge is 2.26. The first kappa shape index (κ1) is 14.5. The Hall–Kier alpha value is -0.560. The van der Waals surface area contributed by atoms with Crippen molar-refractivity contribution in [1.29, 1.82) is 0 Å². The molecule has 1 heterocycles. The number of hydrogen-bond acceptors (Lipinski definition) is 3. The number of ether oxygens (including phenoxy) is 1. The fourth-order valence-electron chi connectivity index (χ4n) is 2.15. The van der Waals surface area contributed by atoms with Gasteiger partial charge >= 0.3 is 0 Å². The number of hydrogen-bond donors (Lipinski definition) is 1. The normalized spacial score (nSPS) is 24.5. The molecular formula is C14H26N2O. The molecule has 3 nitrogen and oxygen atoms in total. The zero-order valence-corrected chi connectivity index (χ0v) is 11.4. The van der Waals surface area contributed by atoms with Crippen molar-refractivity contribution in [2.45, 2.75) is 51.9 Å². The second-order valence-corrected chi connectivity index (χ2v) is 5.05. The summed E-state index contributed by atoms with van der Waals surface area (Å²) >= 11 is 0. The molecule has 0 aromatic heterocycles. The first-order valence-electron chi connectivity index (χ1n) is 6.70. The van der Waals surface area contributed by atoms with Gasteiger partial charge in [-0.1, -0.05) is 26.7 Å². The van der Waals surface area contributed by atoms with Crippen molar-refractivity contribution < 1.29 is 4.74 Å². The summed E-state index contributed by atoms with van der Waals surface area (Å²) in [7, 11) is 0. The summed E-state index contributed by atoms with van der Waals surface area (Å²) in [6.45, 7) is 10.1. The van der Waals surface area contributed by atoms with E-state index < -0.39 is 0 Å². The topological polar surface area (TPSA) is 24.5 Å². The molecule has 17 heavy (non-hydrogen) atoms. The predicted molar refractivity (Wildman–Crippen MR) is 72.0 cm³/mol. The van der Waals surface area contributed by atoms with E-state index in [1.165, 1.54) is 0 Å². The maximum Gasteiger partial charge on any atom is 0.0707 e. The van der Waals surface area contributed by atoms with Crippen LogP contribution in [-0.2, 0) is 4.74 Å². The predicted octanol–water partition coefficient (Wildman–Crippen LogP) is 1.49. The van der Waals surface area contributed by atoms with Crippen LogP contribution in [0, 0.1) is 12.3 Å². The molecule has 0 aromatic carbocycles.